The van der Waals surface area contributed by atoms with E-state index in [9.17, 15) is 0 Å². The van der Waals surface area contributed by atoms with E-state index >= 15 is 0 Å². The minimum Gasteiger partial charge on any atom is -0.0616 e. The van der Waals surface area contributed by atoms with Gasteiger partial charge < -0.3 is 0 Å². The predicted octanol–water partition coefficient (Wildman–Crippen LogP) is 15.1. The number of rotatable bonds is 3. The van der Waals surface area contributed by atoms with Crippen LogP contribution in [-0.4, -0.2) is 0 Å². The number of benzene rings is 10. The first kappa shape index (κ1) is 30.6. The monoisotopic (exact) mass is 682 g/mol. The van der Waals surface area contributed by atoms with Crippen LogP contribution in [0.3, 0.4) is 0 Å². The number of hydrogen-bond acceptors (Lipinski definition) is 0. The third-order valence-electron chi connectivity index (χ3n) is 11.5. The largest absolute Gasteiger partial charge is 0.0616 e. The first-order chi connectivity index (χ1) is 26.8. The van der Waals surface area contributed by atoms with E-state index in [1.807, 2.05) is 0 Å². The predicted molar refractivity (Wildman–Crippen MR) is 231 cm³/mol. The van der Waals surface area contributed by atoms with Crippen LogP contribution in [0.15, 0.2) is 206 Å². The van der Waals surface area contributed by atoms with Crippen molar-refractivity contribution in [2.24, 2.45) is 0 Å². The van der Waals surface area contributed by atoms with Crippen molar-refractivity contribution in [1.82, 2.24) is 0 Å². The molecule has 0 nitrogen and oxygen atoms in total. The summed E-state index contributed by atoms with van der Waals surface area (Å²) in [7, 11) is 0. The normalized spacial score (nSPS) is 11.7. The van der Waals surface area contributed by atoms with Crippen LogP contribution < -0.4 is 0 Å². The van der Waals surface area contributed by atoms with Crippen molar-refractivity contribution in [1.29, 1.82) is 0 Å². The maximum Gasteiger partial charge on any atom is -0.00201 e. The lowest BCUT2D eigenvalue weighted by Crippen LogP contribution is -1.97. The smallest absolute Gasteiger partial charge is 0.00201 e. The van der Waals surface area contributed by atoms with E-state index in [1.165, 1.54) is 110 Å². The summed E-state index contributed by atoms with van der Waals surface area (Å²) >= 11 is 0. The van der Waals surface area contributed by atoms with Crippen LogP contribution in [0.1, 0.15) is 0 Å². The minimum absolute atomic E-state index is 1.20. The van der Waals surface area contributed by atoms with Gasteiger partial charge in [-0.2, -0.15) is 0 Å². The average molecular weight is 683 g/mol. The molecule has 10 aromatic carbocycles. The molecule has 0 radical (unpaired) electrons. The molecule has 0 aromatic heterocycles. The van der Waals surface area contributed by atoms with Crippen molar-refractivity contribution in [3.63, 3.8) is 0 Å². The molecule has 0 aliphatic heterocycles. The Morgan fingerprint density at radius 1 is 0.185 bits per heavy atom. The Balaban J connectivity index is 1.08. The molecule has 0 fully saturated rings. The minimum atomic E-state index is 1.20. The van der Waals surface area contributed by atoms with Gasteiger partial charge in [0.2, 0.25) is 0 Å². The van der Waals surface area contributed by atoms with E-state index in [-0.39, 0.29) is 0 Å². The van der Waals surface area contributed by atoms with Crippen LogP contribution in [0.25, 0.3) is 110 Å². The summed E-state index contributed by atoms with van der Waals surface area (Å²) in [4.78, 5) is 0. The van der Waals surface area contributed by atoms with Crippen LogP contribution in [0.5, 0.6) is 0 Å². The van der Waals surface area contributed by atoms with Gasteiger partial charge in [-0.25, -0.2) is 0 Å². The molecule has 11 rings (SSSR count). The number of fused-ring (bicyclic) bond motifs is 11. The summed E-state index contributed by atoms with van der Waals surface area (Å²) < 4.78 is 0. The molecule has 0 heteroatoms. The molecule has 0 unspecified atom stereocenters. The summed E-state index contributed by atoms with van der Waals surface area (Å²) in [6.45, 7) is 0. The van der Waals surface area contributed by atoms with Gasteiger partial charge in [-0.3, -0.25) is 0 Å². The van der Waals surface area contributed by atoms with Crippen LogP contribution in [0, 0.1) is 0 Å². The zero-order valence-corrected chi connectivity index (χ0v) is 29.6. The van der Waals surface area contributed by atoms with Crippen molar-refractivity contribution in [3.05, 3.63) is 206 Å². The van der Waals surface area contributed by atoms with E-state index in [1.54, 1.807) is 0 Å². The van der Waals surface area contributed by atoms with Crippen molar-refractivity contribution >= 4 is 32.3 Å². The Morgan fingerprint density at radius 2 is 0.537 bits per heavy atom. The average Bonchev–Trinajstić information content (AvgIpc) is 3.25. The van der Waals surface area contributed by atoms with Gasteiger partial charge in [0.05, 0.1) is 0 Å². The van der Waals surface area contributed by atoms with Crippen LogP contribution in [-0.2, 0) is 0 Å². The molecule has 0 bridgehead atoms. The highest BCUT2D eigenvalue weighted by Gasteiger charge is 2.22. The van der Waals surface area contributed by atoms with Gasteiger partial charge in [-0.1, -0.05) is 200 Å². The summed E-state index contributed by atoms with van der Waals surface area (Å²) in [5.41, 5.74) is 17.6. The zero-order chi connectivity index (χ0) is 35.6. The molecule has 0 atom stereocenters. The Kier molecular flexibility index (Phi) is 6.97. The van der Waals surface area contributed by atoms with Crippen molar-refractivity contribution < 1.29 is 0 Å². The van der Waals surface area contributed by atoms with Gasteiger partial charge in [0, 0.05) is 0 Å². The van der Waals surface area contributed by atoms with Gasteiger partial charge in [0.15, 0.2) is 0 Å². The van der Waals surface area contributed by atoms with Crippen molar-refractivity contribution in [3.8, 4) is 77.9 Å². The van der Waals surface area contributed by atoms with E-state index in [4.69, 9.17) is 0 Å². The molecule has 0 N–H and O–H groups in total. The van der Waals surface area contributed by atoms with Crippen molar-refractivity contribution in [2.45, 2.75) is 0 Å². The van der Waals surface area contributed by atoms with Crippen LogP contribution in [0.2, 0.25) is 0 Å². The second-order valence-electron chi connectivity index (χ2n) is 14.3. The molecule has 250 valence electrons. The SMILES string of the molecule is c1ccc2c(c1)-c1ccccc1-c1ccc(-c3ccc(-c4c5ccccc5c(-c5cccc6ccccc56)c5ccccc45)cc3)cc1-c1ccccc1-2. The lowest BCUT2D eigenvalue weighted by atomic mass is 9.80. The van der Waals surface area contributed by atoms with Crippen LogP contribution in [0.4, 0.5) is 0 Å². The summed E-state index contributed by atoms with van der Waals surface area (Å²) in [5.74, 6) is 0. The topological polar surface area (TPSA) is 0 Å². The van der Waals surface area contributed by atoms with Gasteiger partial charge in [-0.15, -0.1) is 0 Å². The number of hydrogen-bond donors (Lipinski definition) is 0. The molecule has 0 spiro atoms. The lowest BCUT2D eigenvalue weighted by Gasteiger charge is -2.23. The molecule has 0 saturated carbocycles. The van der Waals surface area contributed by atoms with E-state index in [2.05, 4.69) is 206 Å². The Morgan fingerprint density at radius 3 is 1.07 bits per heavy atom. The summed E-state index contributed by atoms with van der Waals surface area (Å²) in [6.07, 6.45) is 0. The second-order valence-corrected chi connectivity index (χ2v) is 14.3. The fourth-order valence-electron chi connectivity index (χ4n) is 9.04. The van der Waals surface area contributed by atoms with Gasteiger partial charge in [0.25, 0.3) is 0 Å². The molecule has 54 heavy (non-hydrogen) atoms. The molecule has 1 aliphatic carbocycles. The summed E-state index contributed by atoms with van der Waals surface area (Å²) in [5, 5.41) is 7.61. The maximum absolute atomic E-state index is 2.40. The van der Waals surface area contributed by atoms with Gasteiger partial charge in [-0.05, 0) is 116 Å². The molecule has 1 aliphatic rings. The lowest BCUT2D eigenvalue weighted by molar-refractivity contribution is 1.51. The van der Waals surface area contributed by atoms with Crippen LogP contribution >= 0.6 is 0 Å². The molecule has 0 heterocycles. The second kappa shape index (κ2) is 12.3. The standard InChI is InChI=1S/C54H34/c1-2-16-39-36(14-1)15-13-27-47(39)54-50-25-11-9-23-48(50)53(49-24-10-12-26-51(49)54)37-30-28-35(29-31-37)38-32-33-46-44-21-6-5-19-42(44)40-17-3-4-18-41(40)43-20-7-8-22-45(43)52(46)34-38/h1-34H. The fraction of sp³-hybridized carbons (Fsp3) is 0. The molecular weight excluding hydrogens is 649 g/mol. The quantitative estimate of drug-likeness (QED) is 0.163. The molecule has 0 saturated heterocycles. The van der Waals surface area contributed by atoms with E-state index in [0.717, 1.165) is 0 Å². The highest BCUT2D eigenvalue weighted by Crippen LogP contribution is 2.49. The third-order valence-corrected chi connectivity index (χ3v) is 11.5. The van der Waals surface area contributed by atoms with Crippen molar-refractivity contribution in [2.75, 3.05) is 0 Å². The fourth-order valence-corrected chi connectivity index (χ4v) is 9.04. The highest BCUT2D eigenvalue weighted by molar-refractivity contribution is 6.23. The molecular formula is C54H34. The van der Waals surface area contributed by atoms with Gasteiger partial charge >= 0.3 is 0 Å². The molecule has 10 aromatic rings. The Labute approximate surface area is 315 Å². The van der Waals surface area contributed by atoms with Gasteiger partial charge in [0.1, 0.15) is 0 Å². The third kappa shape index (κ3) is 4.71. The maximum atomic E-state index is 2.40. The highest BCUT2D eigenvalue weighted by atomic mass is 14.3. The Bertz CT molecular complexity index is 3020. The first-order valence-electron chi connectivity index (χ1n) is 18.8. The van der Waals surface area contributed by atoms with E-state index < -0.39 is 0 Å². The molecule has 0 amide bonds. The van der Waals surface area contributed by atoms with E-state index in [0.29, 0.717) is 0 Å². The zero-order valence-electron chi connectivity index (χ0n) is 29.6. The first-order valence-corrected chi connectivity index (χ1v) is 18.8. The Hall–Kier alpha value is -7.02. The summed E-state index contributed by atoms with van der Waals surface area (Å²) in [6, 6.07) is 76.1.